The minimum Gasteiger partial charge on any atom is -0.495 e. The van der Waals surface area contributed by atoms with Crippen molar-refractivity contribution in [2.75, 3.05) is 38.6 Å². The van der Waals surface area contributed by atoms with Crippen LogP contribution in [0.5, 0.6) is 5.75 Å². The van der Waals surface area contributed by atoms with Gasteiger partial charge in [-0.1, -0.05) is 23.7 Å². The summed E-state index contributed by atoms with van der Waals surface area (Å²) in [6.45, 7) is 5.49. The van der Waals surface area contributed by atoms with Crippen molar-refractivity contribution in [1.82, 2.24) is 15.1 Å². The topological polar surface area (TPSA) is 73.9 Å². The molecule has 9 heteroatoms. The lowest BCUT2D eigenvalue weighted by atomic mass is 9.68. The number of ether oxygens (including phenoxy) is 1. The van der Waals surface area contributed by atoms with Crippen LogP contribution in [-0.4, -0.2) is 67.0 Å². The number of anilines is 1. The molecule has 1 spiro atoms. The number of benzene rings is 2. The molecule has 0 radical (unpaired) electrons. The zero-order chi connectivity index (χ0) is 24.7. The van der Waals surface area contributed by atoms with E-state index in [1.54, 1.807) is 24.3 Å². The second-order valence-corrected chi connectivity index (χ2v) is 9.93. The molecule has 3 heterocycles. The molecule has 35 heavy (non-hydrogen) atoms. The van der Waals surface area contributed by atoms with Crippen molar-refractivity contribution in [3.8, 4) is 5.75 Å². The average Bonchev–Trinajstić information content (AvgIpc) is 3.31. The molecule has 3 fully saturated rings. The second kappa shape index (κ2) is 9.26. The van der Waals surface area contributed by atoms with Gasteiger partial charge in [-0.05, 0) is 35.9 Å². The Kier molecular flexibility index (Phi) is 6.29. The second-order valence-electron chi connectivity index (χ2n) is 9.53. The molecule has 3 aliphatic rings. The predicted molar refractivity (Wildman–Crippen MR) is 133 cm³/mol. The highest BCUT2D eigenvalue weighted by molar-refractivity contribution is 6.32. The highest BCUT2D eigenvalue weighted by Crippen LogP contribution is 2.51. The van der Waals surface area contributed by atoms with Gasteiger partial charge in [0.1, 0.15) is 11.6 Å². The molecule has 3 unspecified atom stereocenters. The van der Waals surface area contributed by atoms with Gasteiger partial charge in [-0.25, -0.2) is 4.39 Å². The summed E-state index contributed by atoms with van der Waals surface area (Å²) >= 11 is 6.22. The molecule has 0 aromatic heterocycles. The molecule has 0 saturated carbocycles. The molecule has 3 aliphatic heterocycles. The fourth-order valence-electron chi connectivity index (χ4n) is 5.84. The number of methoxy groups -OCH3 is 1. The van der Waals surface area contributed by atoms with E-state index < -0.39 is 0 Å². The van der Waals surface area contributed by atoms with E-state index in [-0.39, 0.29) is 35.1 Å². The van der Waals surface area contributed by atoms with Gasteiger partial charge in [-0.2, -0.15) is 0 Å². The Morgan fingerprint density at radius 1 is 1.29 bits per heavy atom. The summed E-state index contributed by atoms with van der Waals surface area (Å²) < 4.78 is 18.6. The van der Waals surface area contributed by atoms with Crippen molar-refractivity contribution in [2.45, 2.75) is 25.6 Å². The van der Waals surface area contributed by atoms with Gasteiger partial charge < -0.3 is 20.3 Å². The molecule has 2 N–H and O–H groups in total. The van der Waals surface area contributed by atoms with E-state index in [9.17, 15) is 14.0 Å². The smallest absolute Gasteiger partial charge is 0.247 e. The fraction of sp³-hybridized carbons (Fsp3) is 0.385. The van der Waals surface area contributed by atoms with Gasteiger partial charge in [-0.3, -0.25) is 14.5 Å². The van der Waals surface area contributed by atoms with E-state index in [1.807, 2.05) is 17.0 Å². The van der Waals surface area contributed by atoms with Crippen molar-refractivity contribution in [3.63, 3.8) is 0 Å². The molecule has 7 nitrogen and oxygen atoms in total. The third-order valence-electron chi connectivity index (χ3n) is 7.35. The van der Waals surface area contributed by atoms with Crippen LogP contribution in [0.25, 0.3) is 6.08 Å². The number of hydrogen-bond acceptors (Lipinski definition) is 5. The normalized spacial score (nSPS) is 25.3. The Balaban J connectivity index is 1.33. The molecular weight excluding hydrogens is 471 g/mol. The van der Waals surface area contributed by atoms with Gasteiger partial charge in [0.05, 0.1) is 24.2 Å². The Labute approximate surface area is 208 Å². The highest BCUT2D eigenvalue weighted by atomic mass is 35.5. The SMILES string of the molecule is COc1cc(/C=C/C(=O)N2C3CNCC34CN(Cc3ccc(F)cc3)CC24)c(NC(C)=O)cc1Cl. The summed E-state index contributed by atoms with van der Waals surface area (Å²) in [5.74, 6) is -0.0740. The van der Waals surface area contributed by atoms with Crippen LogP contribution >= 0.6 is 11.6 Å². The van der Waals surface area contributed by atoms with Gasteiger partial charge in [0.2, 0.25) is 11.8 Å². The van der Waals surface area contributed by atoms with E-state index in [0.717, 1.165) is 38.3 Å². The molecule has 2 amide bonds. The predicted octanol–water partition coefficient (Wildman–Crippen LogP) is 3.14. The van der Waals surface area contributed by atoms with Crippen LogP contribution in [-0.2, 0) is 16.1 Å². The number of rotatable bonds is 6. The van der Waals surface area contributed by atoms with E-state index >= 15 is 0 Å². The first-order valence-corrected chi connectivity index (χ1v) is 12.0. The number of carbonyl (C=O) groups excluding carboxylic acids is 2. The van der Waals surface area contributed by atoms with Crippen LogP contribution in [0, 0.1) is 11.2 Å². The van der Waals surface area contributed by atoms with E-state index in [1.165, 1.54) is 26.2 Å². The standard InChI is InChI=1S/C26H28ClFN4O3/c1-16(33)30-21-10-20(27)22(35-2)9-18(21)5-8-25(34)32-23-11-29-14-26(23)15-31(13-24(26)32)12-17-3-6-19(28)7-4-17/h3-10,23-24,29H,11-15H2,1-2H3,(H,30,33)/b8-5+. The summed E-state index contributed by atoms with van der Waals surface area (Å²) in [5.41, 5.74) is 2.26. The molecule has 184 valence electrons. The minimum atomic E-state index is -0.239. The van der Waals surface area contributed by atoms with Gasteiger partial charge in [-0.15, -0.1) is 0 Å². The van der Waals surface area contributed by atoms with Crippen LogP contribution in [0.1, 0.15) is 18.1 Å². The van der Waals surface area contributed by atoms with Crippen molar-refractivity contribution >= 4 is 35.2 Å². The maximum atomic E-state index is 13.3. The fourth-order valence-corrected chi connectivity index (χ4v) is 6.08. The molecule has 3 atom stereocenters. The number of likely N-dealkylation sites (tertiary alicyclic amines) is 2. The Bertz CT molecular complexity index is 1190. The summed E-state index contributed by atoms with van der Waals surface area (Å²) in [6, 6.07) is 10.2. The first-order chi connectivity index (χ1) is 16.8. The van der Waals surface area contributed by atoms with Crippen LogP contribution in [0.15, 0.2) is 42.5 Å². The zero-order valence-electron chi connectivity index (χ0n) is 19.7. The maximum Gasteiger partial charge on any atom is 0.247 e. The van der Waals surface area contributed by atoms with Crippen molar-refractivity contribution in [1.29, 1.82) is 0 Å². The van der Waals surface area contributed by atoms with Crippen molar-refractivity contribution < 1.29 is 18.7 Å². The van der Waals surface area contributed by atoms with Crippen molar-refractivity contribution in [2.24, 2.45) is 5.41 Å². The van der Waals surface area contributed by atoms with E-state index in [2.05, 4.69) is 15.5 Å². The lowest BCUT2D eigenvalue weighted by molar-refractivity contribution is -0.150. The Morgan fingerprint density at radius 3 is 2.77 bits per heavy atom. The van der Waals surface area contributed by atoms with E-state index in [4.69, 9.17) is 16.3 Å². The molecule has 0 aliphatic carbocycles. The van der Waals surface area contributed by atoms with Crippen molar-refractivity contribution in [3.05, 3.63) is 64.4 Å². The van der Waals surface area contributed by atoms with Crippen LogP contribution < -0.4 is 15.4 Å². The minimum absolute atomic E-state index is 0.0500. The first kappa shape index (κ1) is 23.8. The van der Waals surface area contributed by atoms with Crippen LogP contribution in [0.4, 0.5) is 10.1 Å². The van der Waals surface area contributed by atoms with Gasteiger partial charge in [0, 0.05) is 62.4 Å². The summed E-state index contributed by atoms with van der Waals surface area (Å²) in [7, 11) is 1.52. The molecule has 2 aromatic carbocycles. The third kappa shape index (κ3) is 4.30. The van der Waals surface area contributed by atoms with Crippen LogP contribution in [0.2, 0.25) is 5.02 Å². The lowest BCUT2D eigenvalue weighted by Crippen LogP contribution is -2.72. The zero-order valence-corrected chi connectivity index (χ0v) is 20.4. The summed E-state index contributed by atoms with van der Waals surface area (Å²) in [4.78, 5) is 29.3. The third-order valence-corrected chi connectivity index (χ3v) is 7.65. The molecular formula is C26H28ClFN4O3. The van der Waals surface area contributed by atoms with Gasteiger partial charge in [0.15, 0.2) is 0 Å². The monoisotopic (exact) mass is 498 g/mol. The van der Waals surface area contributed by atoms with Gasteiger partial charge in [0.25, 0.3) is 0 Å². The average molecular weight is 499 g/mol. The quantitative estimate of drug-likeness (QED) is 0.599. The number of carbonyl (C=O) groups is 2. The molecule has 3 saturated heterocycles. The Morgan fingerprint density at radius 2 is 2.06 bits per heavy atom. The first-order valence-electron chi connectivity index (χ1n) is 11.6. The largest absolute Gasteiger partial charge is 0.495 e. The highest BCUT2D eigenvalue weighted by Gasteiger charge is 2.67. The summed E-state index contributed by atoms with van der Waals surface area (Å²) in [5, 5.41) is 6.60. The molecule has 2 aromatic rings. The summed E-state index contributed by atoms with van der Waals surface area (Å²) in [6.07, 6.45) is 3.25. The van der Waals surface area contributed by atoms with Crippen LogP contribution in [0.3, 0.4) is 0 Å². The van der Waals surface area contributed by atoms with E-state index in [0.29, 0.717) is 22.0 Å². The molecule has 5 rings (SSSR count). The Hall–Kier alpha value is -2.94. The van der Waals surface area contributed by atoms with Gasteiger partial charge >= 0.3 is 0 Å². The number of nitrogens with zero attached hydrogens (tertiary/aromatic N) is 2. The number of nitrogens with one attached hydrogen (secondary N) is 2. The molecule has 0 bridgehead atoms. The lowest BCUT2D eigenvalue weighted by Gasteiger charge is -2.56. The number of halogens is 2. The maximum absolute atomic E-state index is 13.3. The number of amides is 2. The number of hydrogen-bond donors (Lipinski definition) is 2.